The van der Waals surface area contributed by atoms with Crippen LogP contribution in [0.1, 0.15) is 17.4 Å². The molecule has 0 unspecified atom stereocenters. The quantitative estimate of drug-likeness (QED) is 0.754. The summed E-state index contributed by atoms with van der Waals surface area (Å²) in [4.78, 5) is 29.2. The maximum atomic E-state index is 11.2. The van der Waals surface area contributed by atoms with Gasteiger partial charge in [0.15, 0.2) is 5.82 Å². The van der Waals surface area contributed by atoms with E-state index in [0.717, 1.165) is 5.56 Å². The van der Waals surface area contributed by atoms with Gasteiger partial charge in [-0.05, 0) is 0 Å². The number of carbonyl (C=O) groups excluding carboxylic acids is 2. The molecule has 0 aliphatic rings. The van der Waals surface area contributed by atoms with Gasteiger partial charge < -0.3 is 16.0 Å². The van der Waals surface area contributed by atoms with Crippen molar-refractivity contribution in [2.45, 2.75) is 6.92 Å². The zero-order chi connectivity index (χ0) is 13.1. The van der Waals surface area contributed by atoms with Gasteiger partial charge in [-0.25, -0.2) is 4.98 Å². The highest BCUT2D eigenvalue weighted by Crippen LogP contribution is 2.20. The number of hydrogen-bond donors (Lipinski definition) is 3. The third-order valence-corrected chi connectivity index (χ3v) is 2.29. The first-order chi connectivity index (χ1) is 8.58. The second-order valence-corrected chi connectivity index (χ2v) is 3.72. The molecule has 0 saturated carbocycles. The van der Waals surface area contributed by atoms with Crippen molar-refractivity contribution in [1.82, 2.24) is 9.97 Å². The molecular formula is C12H12N4O2. The van der Waals surface area contributed by atoms with E-state index in [1.54, 1.807) is 0 Å². The Morgan fingerprint density at radius 2 is 1.94 bits per heavy atom. The van der Waals surface area contributed by atoms with Gasteiger partial charge in [0.2, 0.25) is 5.91 Å². The van der Waals surface area contributed by atoms with E-state index in [1.807, 2.05) is 30.3 Å². The maximum Gasteiger partial charge on any atom is 0.269 e. The molecule has 0 bridgehead atoms. The summed E-state index contributed by atoms with van der Waals surface area (Å²) in [6.07, 6.45) is 0. The van der Waals surface area contributed by atoms with Gasteiger partial charge in [-0.3, -0.25) is 9.59 Å². The van der Waals surface area contributed by atoms with Gasteiger partial charge in [0.1, 0.15) is 11.5 Å². The zero-order valence-corrected chi connectivity index (χ0v) is 9.73. The summed E-state index contributed by atoms with van der Waals surface area (Å²) in [5.41, 5.74) is 6.11. The maximum absolute atomic E-state index is 11.2. The average Bonchev–Trinajstić information content (AvgIpc) is 2.73. The van der Waals surface area contributed by atoms with Crippen LogP contribution < -0.4 is 11.1 Å². The van der Waals surface area contributed by atoms with Crippen LogP contribution in [0.4, 0.5) is 5.82 Å². The van der Waals surface area contributed by atoms with E-state index in [4.69, 9.17) is 5.73 Å². The van der Waals surface area contributed by atoms with Crippen LogP contribution in [0.5, 0.6) is 0 Å². The van der Waals surface area contributed by atoms with Crippen molar-refractivity contribution >= 4 is 17.6 Å². The second-order valence-electron chi connectivity index (χ2n) is 3.72. The number of carbonyl (C=O) groups is 2. The minimum Gasteiger partial charge on any atom is -0.364 e. The Bertz CT molecular complexity index is 589. The lowest BCUT2D eigenvalue weighted by atomic mass is 10.2. The van der Waals surface area contributed by atoms with Gasteiger partial charge in [-0.2, -0.15) is 0 Å². The number of nitrogens with two attached hydrogens (primary N) is 1. The van der Waals surface area contributed by atoms with E-state index < -0.39 is 5.91 Å². The monoisotopic (exact) mass is 244 g/mol. The predicted molar refractivity (Wildman–Crippen MR) is 66.8 cm³/mol. The number of rotatable bonds is 3. The third kappa shape index (κ3) is 2.37. The number of H-pyrrole nitrogens is 1. The van der Waals surface area contributed by atoms with Crippen LogP contribution in [-0.2, 0) is 4.79 Å². The molecule has 1 aromatic heterocycles. The summed E-state index contributed by atoms with van der Waals surface area (Å²) in [5, 5.41) is 2.46. The Hall–Kier alpha value is -2.63. The molecule has 0 saturated heterocycles. The molecule has 6 heteroatoms. The van der Waals surface area contributed by atoms with Gasteiger partial charge in [-0.1, -0.05) is 30.3 Å². The average molecular weight is 244 g/mol. The fourth-order valence-electron chi connectivity index (χ4n) is 1.54. The fourth-order valence-corrected chi connectivity index (χ4v) is 1.54. The molecule has 0 aliphatic carbocycles. The SMILES string of the molecule is CC(=O)Nc1nc(-c2ccccc2)[nH]c1C(N)=O. The van der Waals surface area contributed by atoms with Crippen molar-refractivity contribution < 1.29 is 9.59 Å². The number of nitrogens with zero attached hydrogens (tertiary/aromatic N) is 1. The van der Waals surface area contributed by atoms with Gasteiger partial charge in [-0.15, -0.1) is 0 Å². The van der Waals surface area contributed by atoms with Crippen molar-refractivity contribution in [3.8, 4) is 11.4 Å². The van der Waals surface area contributed by atoms with Gasteiger partial charge >= 0.3 is 0 Å². The lowest BCUT2D eigenvalue weighted by Gasteiger charge is -1.97. The number of benzene rings is 1. The minimum atomic E-state index is -0.673. The molecule has 0 fully saturated rings. The Kier molecular flexibility index (Phi) is 3.09. The first-order valence-corrected chi connectivity index (χ1v) is 5.30. The Balaban J connectivity index is 2.45. The molecule has 0 atom stereocenters. The summed E-state index contributed by atoms with van der Waals surface area (Å²) in [6.45, 7) is 1.33. The Labute approximate surface area is 103 Å². The van der Waals surface area contributed by atoms with Crippen LogP contribution in [0.25, 0.3) is 11.4 Å². The number of amides is 2. The summed E-state index contributed by atoms with van der Waals surface area (Å²) in [7, 11) is 0. The molecule has 2 aromatic rings. The normalized spacial score (nSPS) is 10.1. The highest BCUT2D eigenvalue weighted by Gasteiger charge is 2.16. The smallest absolute Gasteiger partial charge is 0.269 e. The van der Waals surface area contributed by atoms with Crippen LogP contribution in [0, 0.1) is 0 Å². The molecule has 92 valence electrons. The number of hydrogen-bond acceptors (Lipinski definition) is 3. The van der Waals surface area contributed by atoms with Crippen molar-refractivity contribution in [3.63, 3.8) is 0 Å². The molecule has 2 amide bonds. The van der Waals surface area contributed by atoms with E-state index in [0.29, 0.717) is 5.82 Å². The summed E-state index contributed by atoms with van der Waals surface area (Å²) in [6, 6.07) is 9.23. The molecule has 0 radical (unpaired) electrons. The van der Waals surface area contributed by atoms with E-state index >= 15 is 0 Å². The summed E-state index contributed by atoms with van der Waals surface area (Å²) >= 11 is 0. The van der Waals surface area contributed by atoms with E-state index in [2.05, 4.69) is 15.3 Å². The van der Waals surface area contributed by atoms with Crippen LogP contribution in [0.2, 0.25) is 0 Å². The molecule has 18 heavy (non-hydrogen) atoms. The number of aromatic amines is 1. The molecular weight excluding hydrogens is 232 g/mol. The van der Waals surface area contributed by atoms with Crippen molar-refractivity contribution in [2.24, 2.45) is 5.73 Å². The van der Waals surface area contributed by atoms with Crippen LogP contribution in [-0.4, -0.2) is 21.8 Å². The molecule has 6 nitrogen and oxygen atoms in total. The number of nitrogens with one attached hydrogen (secondary N) is 2. The fraction of sp³-hybridized carbons (Fsp3) is 0.0833. The highest BCUT2D eigenvalue weighted by atomic mass is 16.2. The van der Waals surface area contributed by atoms with Crippen molar-refractivity contribution in [3.05, 3.63) is 36.0 Å². The van der Waals surface area contributed by atoms with Crippen molar-refractivity contribution in [2.75, 3.05) is 5.32 Å². The number of anilines is 1. The molecule has 1 heterocycles. The highest BCUT2D eigenvalue weighted by molar-refractivity contribution is 6.00. The summed E-state index contributed by atoms with van der Waals surface area (Å²) in [5.74, 6) is -0.362. The van der Waals surface area contributed by atoms with Gasteiger partial charge in [0, 0.05) is 12.5 Å². The zero-order valence-electron chi connectivity index (χ0n) is 9.73. The van der Waals surface area contributed by atoms with E-state index in [1.165, 1.54) is 6.92 Å². The molecule has 0 aliphatic heterocycles. The predicted octanol–water partition coefficient (Wildman–Crippen LogP) is 1.13. The number of aromatic nitrogens is 2. The van der Waals surface area contributed by atoms with Crippen molar-refractivity contribution in [1.29, 1.82) is 0 Å². The molecule has 4 N–H and O–H groups in total. The first-order valence-electron chi connectivity index (χ1n) is 5.30. The Morgan fingerprint density at radius 3 is 2.50 bits per heavy atom. The molecule has 2 rings (SSSR count). The second kappa shape index (κ2) is 4.70. The third-order valence-electron chi connectivity index (χ3n) is 2.29. The lowest BCUT2D eigenvalue weighted by molar-refractivity contribution is -0.114. The number of imidazole rings is 1. The largest absolute Gasteiger partial charge is 0.364 e. The van der Waals surface area contributed by atoms with Gasteiger partial charge in [0.05, 0.1) is 0 Å². The van der Waals surface area contributed by atoms with Gasteiger partial charge in [0.25, 0.3) is 5.91 Å². The number of primary amides is 1. The lowest BCUT2D eigenvalue weighted by Crippen LogP contribution is -2.16. The van der Waals surface area contributed by atoms with E-state index in [9.17, 15) is 9.59 Å². The topological polar surface area (TPSA) is 101 Å². The standard InChI is InChI=1S/C12H12N4O2/c1-7(17)14-12-9(10(13)18)15-11(16-12)8-5-3-2-4-6-8/h2-6H,1H3,(H2,13,18)(H,14,17)(H,15,16). The molecule has 0 spiro atoms. The van der Waals surface area contributed by atoms with E-state index in [-0.39, 0.29) is 17.4 Å². The van der Waals surface area contributed by atoms with Crippen LogP contribution >= 0.6 is 0 Å². The summed E-state index contributed by atoms with van der Waals surface area (Å²) < 4.78 is 0. The van der Waals surface area contributed by atoms with Crippen LogP contribution in [0.15, 0.2) is 30.3 Å². The molecule has 1 aromatic carbocycles. The minimum absolute atomic E-state index is 0.0871. The van der Waals surface area contributed by atoms with Crippen LogP contribution in [0.3, 0.4) is 0 Å². The Morgan fingerprint density at radius 1 is 1.28 bits per heavy atom. The first kappa shape index (κ1) is 11.8.